The molecule has 3 nitrogen and oxygen atoms in total. The minimum atomic E-state index is -0.0952. The van der Waals surface area contributed by atoms with Crippen LogP contribution in [0.1, 0.15) is 97.3 Å². The van der Waals surface area contributed by atoms with E-state index < -0.39 is 0 Å². The van der Waals surface area contributed by atoms with Crippen LogP contribution in [0.15, 0.2) is 0 Å². The molecule has 0 aromatic heterocycles. The fourth-order valence-corrected chi connectivity index (χ4v) is 2.69. The number of carbonyl (C=O) groups excluding carboxylic acids is 1. The van der Waals surface area contributed by atoms with Gasteiger partial charge in [-0.25, -0.2) is 0 Å². The van der Waals surface area contributed by atoms with Crippen molar-refractivity contribution in [3.63, 3.8) is 0 Å². The van der Waals surface area contributed by atoms with Crippen molar-refractivity contribution in [1.82, 2.24) is 0 Å². The molecule has 0 N–H and O–H groups in total. The Balaban J connectivity index is 3.63. The van der Waals surface area contributed by atoms with Gasteiger partial charge in [-0.1, -0.05) is 45.4 Å². The molecule has 0 spiro atoms. The number of rotatable bonds is 15. The maximum absolute atomic E-state index is 11.0. The standard InChI is InChI=1S/C21H38O3/c1-4-6-7-8-9-11-14-17-20(24-5-2)18-15-12-10-13-16-19-21(22)23-3/h20H,4-8,10,12-19H2,1-3H3. The molecule has 1 unspecified atom stereocenters. The molecule has 0 saturated carbocycles. The van der Waals surface area contributed by atoms with E-state index in [0.29, 0.717) is 12.5 Å². The predicted octanol–water partition coefficient (Wildman–Crippen LogP) is 5.66. The van der Waals surface area contributed by atoms with Crippen LogP contribution in [0.4, 0.5) is 0 Å². The summed E-state index contributed by atoms with van der Waals surface area (Å²) in [5.41, 5.74) is 0. The Labute approximate surface area is 149 Å². The average Bonchev–Trinajstić information content (AvgIpc) is 2.59. The summed E-state index contributed by atoms with van der Waals surface area (Å²) < 4.78 is 10.5. The smallest absolute Gasteiger partial charge is 0.305 e. The molecule has 0 bridgehead atoms. The highest BCUT2D eigenvalue weighted by molar-refractivity contribution is 5.68. The minimum absolute atomic E-state index is 0.0952. The molecule has 0 aliphatic heterocycles. The normalized spacial score (nSPS) is 11.6. The maximum Gasteiger partial charge on any atom is 0.305 e. The molecule has 0 saturated heterocycles. The molecule has 0 fully saturated rings. The van der Waals surface area contributed by atoms with Crippen molar-refractivity contribution in [2.75, 3.05) is 13.7 Å². The average molecular weight is 339 g/mol. The fourth-order valence-electron chi connectivity index (χ4n) is 2.69. The van der Waals surface area contributed by atoms with Crippen LogP contribution in [0.3, 0.4) is 0 Å². The van der Waals surface area contributed by atoms with E-state index in [2.05, 4.69) is 30.4 Å². The van der Waals surface area contributed by atoms with Gasteiger partial charge < -0.3 is 9.47 Å². The summed E-state index contributed by atoms with van der Waals surface area (Å²) in [5, 5.41) is 0. The van der Waals surface area contributed by atoms with Crippen LogP contribution < -0.4 is 0 Å². The molecule has 0 heterocycles. The topological polar surface area (TPSA) is 35.5 Å². The lowest BCUT2D eigenvalue weighted by Crippen LogP contribution is -2.12. The largest absolute Gasteiger partial charge is 0.469 e. The fraction of sp³-hybridized carbons (Fsp3) is 0.857. The first-order valence-electron chi connectivity index (χ1n) is 9.88. The molecule has 24 heavy (non-hydrogen) atoms. The van der Waals surface area contributed by atoms with Gasteiger partial charge in [0.2, 0.25) is 0 Å². The molecular formula is C21H38O3. The van der Waals surface area contributed by atoms with Gasteiger partial charge in [0.1, 0.15) is 0 Å². The molecule has 3 heteroatoms. The van der Waals surface area contributed by atoms with Crippen LogP contribution in [-0.4, -0.2) is 25.8 Å². The number of esters is 1. The molecule has 0 aliphatic carbocycles. The van der Waals surface area contributed by atoms with Crippen LogP contribution in [-0.2, 0) is 14.3 Å². The maximum atomic E-state index is 11.0. The van der Waals surface area contributed by atoms with E-state index in [4.69, 9.17) is 4.74 Å². The summed E-state index contributed by atoms with van der Waals surface area (Å²) in [5.74, 6) is 6.48. The highest BCUT2D eigenvalue weighted by Gasteiger charge is 2.07. The molecule has 1 atom stereocenters. The van der Waals surface area contributed by atoms with Crippen LogP contribution in [0.5, 0.6) is 0 Å². The Bertz CT molecular complexity index is 341. The zero-order valence-electron chi connectivity index (χ0n) is 16.2. The number of hydrogen-bond donors (Lipinski definition) is 0. The molecule has 0 aliphatic rings. The zero-order valence-corrected chi connectivity index (χ0v) is 16.2. The zero-order chi connectivity index (χ0) is 17.9. The second kappa shape index (κ2) is 18.3. The highest BCUT2D eigenvalue weighted by atomic mass is 16.5. The van der Waals surface area contributed by atoms with Crippen LogP contribution in [0.25, 0.3) is 0 Å². The van der Waals surface area contributed by atoms with Crippen molar-refractivity contribution < 1.29 is 14.3 Å². The number of carbonyl (C=O) groups is 1. The Morgan fingerprint density at radius 3 is 2.29 bits per heavy atom. The lowest BCUT2D eigenvalue weighted by Gasteiger charge is -2.15. The number of hydrogen-bond acceptors (Lipinski definition) is 3. The first-order chi connectivity index (χ1) is 11.7. The molecule has 0 rings (SSSR count). The van der Waals surface area contributed by atoms with Crippen molar-refractivity contribution in [3.8, 4) is 11.8 Å². The number of ether oxygens (including phenoxy) is 2. The molecule has 0 amide bonds. The summed E-state index contributed by atoms with van der Waals surface area (Å²) >= 11 is 0. The molecule has 0 radical (unpaired) electrons. The van der Waals surface area contributed by atoms with E-state index in [1.54, 1.807) is 0 Å². The first-order valence-corrected chi connectivity index (χ1v) is 9.88. The van der Waals surface area contributed by atoms with Crippen molar-refractivity contribution >= 4 is 5.97 Å². The van der Waals surface area contributed by atoms with Gasteiger partial charge in [0, 0.05) is 25.9 Å². The summed E-state index contributed by atoms with van der Waals surface area (Å²) in [4.78, 5) is 11.0. The third-order valence-electron chi connectivity index (χ3n) is 4.16. The van der Waals surface area contributed by atoms with E-state index in [1.165, 1.54) is 45.6 Å². The van der Waals surface area contributed by atoms with Gasteiger partial charge in [0.25, 0.3) is 0 Å². The lowest BCUT2D eigenvalue weighted by molar-refractivity contribution is -0.140. The van der Waals surface area contributed by atoms with Crippen molar-refractivity contribution in [1.29, 1.82) is 0 Å². The summed E-state index contributed by atoms with van der Waals surface area (Å²) in [6, 6.07) is 0. The van der Waals surface area contributed by atoms with Crippen molar-refractivity contribution in [2.24, 2.45) is 0 Å². The molecule has 0 aromatic carbocycles. The Morgan fingerprint density at radius 2 is 1.58 bits per heavy atom. The van der Waals surface area contributed by atoms with Crippen molar-refractivity contribution in [3.05, 3.63) is 0 Å². The Kier molecular flexibility index (Phi) is 17.6. The minimum Gasteiger partial charge on any atom is -0.469 e. The van der Waals surface area contributed by atoms with Crippen LogP contribution >= 0.6 is 0 Å². The summed E-state index contributed by atoms with van der Waals surface area (Å²) in [6.45, 7) is 5.07. The van der Waals surface area contributed by atoms with Gasteiger partial charge in [-0.3, -0.25) is 4.79 Å². The van der Waals surface area contributed by atoms with Crippen LogP contribution in [0, 0.1) is 11.8 Å². The predicted molar refractivity (Wildman–Crippen MR) is 101 cm³/mol. The molecular weight excluding hydrogens is 300 g/mol. The third-order valence-corrected chi connectivity index (χ3v) is 4.16. The SMILES string of the molecule is CCCCCC#CCCC(CCCCCCCC(=O)OC)OCC. The first kappa shape index (κ1) is 23.0. The second-order valence-electron chi connectivity index (χ2n) is 6.31. The van der Waals surface area contributed by atoms with Gasteiger partial charge >= 0.3 is 5.97 Å². The molecule has 140 valence electrons. The second-order valence-corrected chi connectivity index (χ2v) is 6.31. The number of unbranched alkanes of at least 4 members (excludes halogenated alkanes) is 7. The van der Waals surface area contributed by atoms with E-state index in [9.17, 15) is 4.79 Å². The van der Waals surface area contributed by atoms with Gasteiger partial charge in [-0.15, -0.1) is 11.8 Å². The van der Waals surface area contributed by atoms with Gasteiger partial charge in [-0.05, 0) is 32.6 Å². The van der Waals surface area contributed by atoms with Gasteiger partial charge in [-0.2, -0.15) is 0 Å². The van der Waals surface area contributed by atoms with E-state index in [0.717, 1.165) is 45.1 Å². The Hall–Kier alpha value is -1.01. The summed E-state index contributed by atoms with van der Waals surface area (Å²) in [7, 11) is 1.45. The lowest BCUT2D eigenvalue weighted by atomic mass is 10.0. The number of methoxy groups -OCH3 is 1. The van der Waals surface area contributed by atoms with Crippen molar-refractivity contribution in [2.45, 2.75) is 103 Å². The van der Waals surface area contributed by atoms with E-state index in [-0.39, 0.29) is 5.97 Å². The van der Waals surface area contributed by atoms with E-state index in [1.807, 2.05) is 0 Å². The van der Waals surface area contributed by atoms with Gasteiger partial charge in [0.15, 0.2) is 0 Å². The monoisotopic (exact) mass is 338 g/mol. The van der Waals surface area contributed by atoms with E-state index >= 15 is 0 Å². The van der Waals surface area contributed by atoms with Crippen LogP contribution in [0.2, 0.25) is 0 Å². The summed E-state index contributed by atoms with van der Waals surface area (Å²) in [6.07, 6.45) is 14.5. The third kappa shape index (κ3) is 15.9. The molecule has 0 aromatic rings. The Morgan fingerprint density at radius 1 is 0.875 bits per heavy atom. The van der Waals surface area contributed by atoms with Gasteiger partial charge in [0.05, 0.1) is 13.2 Å². The quantitative estimate of drug-likeness (QED) is 0.219. The highest BCUT2D eigenvalue weighted by Crippen LogP contribution is 2.14.